The van der Waals surface area contributed by atoms with Crippen molar-refractivity contribution in [2.24, 2.45) is 5.92 Å². The van der Waals surface area contributed by atoms with Gasteiger partial charge in [0.1, 0.15) is 5.82 Å². The van der Waals surface area contributed by atoms with Crippen molar-refractivity contribution in [1.82, 2.24) is 4.98 Å². The van der Waals surface area contributed by atoms with E-state index in [1.807, 2.05) is 6.92 Å². The Labute approximate surface area is 112 Å². The van der Waals surface area contributed by atoms with Crippen LogP contribution in [0.3, 0.4) is 0 Å². The van der Waals surface area contributed by atoms with Gasteiger partial charge in [-0.2, -0.15) is 0 Å². The van der Waals surface area contributed by atoms with E-state index in [1.54, 1.807) is 6.20 Å². The van der Waals surface area contributed by atoms with Gasteiger partial charge in [-0.15, -0.1) is 0 Å². The van der Waals surface area contributed by atoms with Crippen molar-refractivity contribution in [3.8, 4) is 0 Å². The Kier molecular flexibility index (Phi) is 3.61. The van der Waals surface area contributed by atoms with Crippen LogP contribution < -0.4 is 10.6 Å². The predicted molar refractivity (Wildman–Crippen MR) is 76.3 cm³/mol. The third kappa shape index (κ3) is 2.28. The number of piperidine rings is 1. The normalized spacial score (nSPS) is 25.1. The number of hydrogen-bond acceptors (Lipinski definition) is 3. The van der Waals surface area contributed by atoms with Crippen LogP contribution in [-0.2, 0) is 0 Å². The SMILES string of the molecule is Cc1c(N)cnc(N2CCCC(C)C2C)c1Br. The first kappa shape index (κ1) is 12.7. The van der Waals surface area contributed by atoms with Crippen molar-refractivity contribution in [1.29, 1.82) is 0 Å². The van der Waals surface area contributed by atoms with Crippen LogP contribution in [0.25, 0.3) is 0 Å². The van der Waals surface area contributed by atoms with Crippen molar-refractivity contribution in [3.63, 3.8) is 0 Å². The van der Waals surface area contributed by atoms with Gasteiger partial charge in [-0.25, -0.2) is 4.98 Å². The molecule has 0 bridgehead atoms. The van der Waals surface area contributed by atoms with Crippen molar-refractivity contribution < 1.29 is 0 Å². The highest BCUT2D eigenvalue weighted by Gasteiger charge is 2.27. The number of anilines is 2. The molecule has 1 aromatic rings. The summed E-state index contributed by atoms with van der Waals surface area (Å²) >= 11 is 3.63. The fraction of sp³-hybridized carbons (Fsp3) is 0.615. The zero-order valence-electron chi connectivity index (χ0n) is 10.7. The molecule has 3 nitrogen and oxygen atoms in total. The first-order valence-corrected chi connectivity index (χ1v) is 6.99. The molecule has 0 aliphatic carbocycles. The number of hydrogen-bond donors (Lipinski definition) is 1. The Morgan fingerprint density at radius 1 is 1.47 bits per heavy atom. The van der Waals surface area contributed by atoms with Gasteiger partial charge in [-0.3, -0.25) is 0 Å². The summed E-state index contributed by atoms with van der Waals surface area (Å²) in [6.45, 7) is 7.71. The molecule has 17 heavy (non-hydrogen) atoms. The largest absolute Gasteiger partial charge is 0.397 e. The Morgan fingerprint density at radius 2 is 2.18 bits per heavy atom. The van der Waals surface area contributed by atoms with E-state index in [-0.39, 0.29) is 0 Å². The molecule has 0 aromatic carbocycles. The van der Waals surface area contributed by atoms with Crippen molar-refractivity contribution in [2.45, 2.75) is 39.7 Å². The molecule has 1 saturated heterocycles. The molecule has 0 radical (unpaired) electrons. The molecule has 1 aliphatic heterocycles. The van der Waals surface area contributed by atoms with E-state index in [9.17, 15) is 0 Å². The summed E-state index contributed by atoms with van der Waals surface area (Å²) in [5, 5.41) is 0. The molecule has 2 heterocycles. The first-order chi connectivity index (χ1) is 8.02. The molecule has 0 amide bonds. The molecule has 1 aromatic heterocycles. The molecule has 0 saturated carbocycles. The van der Waals surface area contributed by atoms with E-state index in [4.69, 9.17) is 5.73 Å². The standard InChI is InChI=1S/C13H20BrN3/c1-8-5-4-6-17(10(8)3)13-12(14)9(2)11(15)7-16-13/h7-8,10H,4-6,15H2,1-3H3. The van der Waals surface area contributed by atoms with E-state index in [0.717, 1.165) is 34.0 Å². The third-order valence-corrected chi connectivity index (χ3v) is 4.88. The van der Waals surface area contributed by atoms with E-state index < -0.39 is 0 Å². The Hall–Kier alpha value is -0.770. The molecule has 2 N–H and O–H groups in total. The smallest absolute Gasteiger partial charge is 0.143 e. The van der Waals surface area contributed by atoms with Gasteiger partial charge in [-0.1, -0.05) is 6.92 Å². The highest BCUT2D eigenvalue weighted by Crippen LogP contribution is 2.35. The van der Waals surface area contributed by atoms with Gasteiger partial charge in [0, 0.05) is 12.6 Å². The van der Waals surface area contributed by atoms with E-state index in [2.05, 4.69) is 39.7 Å². The molecule has 2 atom stereocenters. The molecular formula is C13H20BrN3. The molecule has 2 rings (SSSR count). The number of aromatic nitrogens is 1. The van der Waals surface area contributed by atoms with Crippen LogP contribution in [0.1, 0.15) is 32.3 Å². The Bertz CT molecular complexity index is 419. The fourth-order valence-electron chi connectivity index (χ4n) is 2.41. The van der Waals surface area contributed by atoms with Gasteiger partial charge in [0.25, 0.3) is 0 Å². The second-order valence-electron chi connectivity index (χ2n) is 5.03. The maximum absolute atomic E-state index is 5.87. The van der Waals surface area contributed by atoms with Gasteiger partial charge >= 0.3 is 0 Å². The fourth-order valence-corrected chi connectivity index (χ4v) is 2.97. The van der Waals surface area contributed by atoms with Gasteiger partial charge in [-0.05, 0) is 54.1 Å². The van der Waals surface area contributed by atoms with Crippen LogP contribution in [0.15, 0.2) is 10.7 Å². The number of rotatable bonds is 1. The summed E-state index contributed by atoms with van der Waals surface area (Å²) in [6.07, 6.45) is 4.31. The maximum atomic E-state index is 5.87. The van der Waals surface area contributed by atoms with E-state index >= 15 is 0 Å². The van der Waals surface area contributed by atoms with E-state index in [1.165, 1.54) is 12.8 Å². The third-order valence-electron chi connectivity index (χ3n) is 3.93. The van der Waals surface area contributed by atoms with Gasteiger partial charge < -0.3 is 10.6 Å². The quantitative estimate of drug-likeness (QED) is 0.864. The average Bonchev–Trinajstić information content (AvgIpc) is 2.31. The lowest BCUT2D eigenvalue weighted by Gasteiger charge is -2.39. The highest BCUT2D eigenvalue weighted by atomic mass is 79.9. The Balaban J connectivity index is 2.37. The lowest BCUT2D eigenvalue weighted by atomic mass is 9.92. The van der Waals surface area contributed by atoms with Gasteiger partial charge in [0.2, 0.25) is 0 Å². The Morgan fingerprint density at radius 3 is 2.88 bits per heavy atom. The lowest BCUT2D eigenvalue weighted by molar-refractivity contribution is 0.361. The minimum atomic E-state index is 0.538. The molecule has 1 aliphatic rings. The zero-order chi connectivity index (χ0) is 12.6. The molecule has 94 valence electrons. The summed E-state index contributed by atoms with van der Waals surface area (Å²) < 4.78 is 1.04. The number of nitrogens with two attached hydrogens (primary N) is 1. The number of pyridine rings is 1. The molecule has 1 fully saturated rings. The minimum Gasteiger partial charge on any atom is -0.397 e. The van der Waals surface area contributed by atoms with Crippen LogP contribution >= 0.6 is 15.9 Å². The van der Waals surface area contributed by atoms with Crippen LogP contribution in [0.5, 0.6) is 0 Å². The average molecular weight is 298 g/mol. The topological polar surface area (TPSA) is 42.1 Å². The van der Waals surface area contributed by atoms with Crippen LogP contribution in [0, 0.1) is 12.8 Å². The van der Waals surface area contributed by atoms with Crippen LogP contribution in [0.4, 0.5) is 11.5 Å². The van der Waals surface area contributed by atoms with Crippen molar-refractivity contribution in [3.05, 3.63) is 16.2 Å². The highest BCUT2D eigenvalue weighted by molar-refractivity contribution is 9.10. The maximum Gasteiger partial charge on any atom is 0.143 e. The number of halogens is 1. The molecule has 2 unspecified atom stereocenters. The van der Waals surface area contributed by atoms with Gasteiger partial charge in [0.05, 0.1) is 16.4 Å². The van der Waals surface area contributed by atoms with Crippen LogP contribution in [-0.4, -0.2) is 17.6 Å². The summed E-state index contributed by atoms with van der Waals surface area (Å²) in [5.74, 6) is 1.76. The molecular weight excluding hydrogens is 278 g/mol. The van der Waals surface area contributed by atoms with Crippen molar-refractivity contribution >= 4 is 27.4 Å². The number of nitrogen functional groups attached to an aromatic ring is 1. The number of nitrogens with zero attached hydrogens (tertiary/aromatic N) is 2. The van der Waals surface area contributed by atoms with Gasteiger partial charge in [0.15, 0.2) is 0 Å². The second-order valence-corrected chi connectivity index (χ2v) is 5.82. The molecule has 0 spiro atoms. The van der Waals surface area contributed by atoms with E-state index in [0.29, 0.717) is 6.04 Å². The predicted octanol–water partition coefficient (Wildman–Crippen LogP) is 3.36. The lowest BCUT2D eigenvalue weighted by Crippen LogP contribution is -2.43. The molecule has 4 heteroatoms. The summed E-state index contributed by atoms with van der Waals surface area (Å²) in [7, 11) is 0. The minimum absolute atomic E-state index is 0.538. The second kappa shape index (κ2) is 4.84. The summed E-state index contributed by atoms with van der Waals surface area (Å²) in [4.78, 5) is 6.89. The first-order valence-electron chi connectivity index (χ1n) is 6.19. The summed E-state index contributed by atoms with van der Waals surface area (Å²) in [6, 6.07) is 0.538. The van der Waals surface area contributed by atoms with Crippen LogP contribution in [0.2, 0.25) is 0 Å². The zero-order valence-corrected chi connectivity index (χ0v) is 12.3. The summed E-state index contributed by atoms with van der Waals surface area (Å²) in [5.41, 5.74) is 7.70. The monoisotopic (exact) mass is 297 g/mol. The van der Waals surface area contributed by atoms with Crippen molar-refractivity contribution in [2.75, 3.05) is 17.2 Å².